The Kier molecular flexibility index (Phi) is 6.12. The van der Waals surface area contributed by atoms with Crippen molar-refractivity contribution in [3.63, 3.8) is 0 Å². The van der Waals surface area contributed by atoms with Crippen LogP contribution in [0.5, 0.6) is 5.75 Å². The van der Waals surface area contributed by atoms with Gasteiger partial charge in [0.25, 0.3) is 0 Å². The van der Waals surface area contributed by atoms with Crippen molar-refractivity contribution in [2.45, 2.75) is 31.3 Å². The van der Waals surface area contributed by atoms with E-state index >= 15 is 0 Å². The van der Waals surface area contributed by atoms with Crippen LogP contribution in [0, 0.1) is 5.92 Å². The molecule has 152 valence electrons. The van der Waals surface area contributed by atoms with Crippen molar-refractivity contribution in [3.05, 3.63) is 78.1 Å². The minimum absolute atomic E-state index is 0.0852. The molecule has 0 saturated carbocycles. The lowest BCUT2D eigenvalue weighted by atomic mass is 9.97. The van der Waals surface area contributed by atoms with Gasteiger partial charge in [-0.3, -0.25) is 4.79 Å². The van der Waals surface area contributed by atoms with E-state index in [-0.39, 0.29) is 37.6 Å². The number of aliphatic hydroxyl groups excluding tert-OH is 1. The van der Waals surface area contributed by atoms with Gasteiger partial charge in [-0.15, -0.1) is 0 Å². The topological polar surface area (TPSA) is 74.2 Å². The van der Waals surface area contributed by atoms with Crippen LogP contribution >= 0.6 is 0 Å². The summed E-state index contributed by atoms with van der Waals surface area (Å²) in [7, 11) is 0. The van der Waals surface area contributed by atoms with Crippen molar-refractivity contribution < 1.29 is 28.8 Å². The number of benzene rings is 2. The third-order valence-electron chi connectivity index (χ3n) is 4.98. The molecular weight excluding hydrogens is 372 g/mol. The lowest BCUT2D eigenvalue weighted by molar-refractivity contribution is -0.169. The molecule has 0 radical (unpaired) electrons. The number of carbonyl (C=O) groups excluding carboxylic acids is 1. The van der Waals surface area contributed by atoms with E-state index in [4.69, 9.17) is 18.9 Å². The Hall–Kier alpha value is -2.83. The van der Waals surface area contributed by atoms with Crippen molar-refractivity contribution in [1.82, 2.24) is 0 Å². The summed E-state index contributed by atoms with van der Waals surface area (Å²) in [5.74, 6) is 0.941. The highest BCUT2D eigenvalue weighted by atomic mass is 16.6. The monoisotopic (exact) mass is 396 g/mol. The highest BCUT2D eigenvalue weighted by molar-refractivity contribution is 5.72. The van der Waals surface area contributed by atoms with Crippen LogP contribution in [0.3, 0.4) is 0 Å². The molecule has 6 nitrogen and oxygen atoms in total. The van der Waals surface area contributed by atoms with Crippen LogP contribution < -0.4 is 4.74 Å². The predicted molar refractivity (Wildman–Crippen MR) is 105 cm³/mol. The van der Waals surface area contributed by atoms with E-state index < -0.39 is 12.2 Å². The molecule has 0 aromatic heterocycles. The second kappa shape index (κ2) is 9.11. The normalized spacial score (nSPS) is 23.8. The Balaban J connectivity index is 1.29. The SMILES string of the molecule is O=C1CC2C(OCc3ccccc3)=C[C@@H](O1)C2OCC(O)COc1ccccc1. The second-order valence-electron chi connectivity index (χ2n) is 7.18. The van der Waals surface area contributed by atoms with E-state index in [9.17, 15) is 9.90 Å². The Morgan fingerprint density at radius 1 is 1.00 bits per heavy atom. The summed E-state index contributed by atoms with van der Waals surface area (Å²) < 4.78 is 22.8. The average Bonchev–Trinajstić information content (AvgIpc) is 2.96. The van der Waals surface area contributed by atoms with Crippen LogP contribution in [0.1, 0.15) is 12.0 Å². The summed E-state index contributed by atoms with van der Waals surface area (Å²) in [6, 6.07) is 19.1. The Morgan fingerprint density at radius 3 is 2.48 bits per heavy atom. The van der Waals surface area contributed by atoms with Crippen LogP contribution in [-0.4, -0.2) is 42.6 Å². The van der Waals surface area contributed by atoms with Crippen LogP contribution in [-0.2, 0) is 25.6 Å². The molecule has 0 spiro atoms. The number of hydrogen-bond donors (Lipinski definition) is 1. The number of aliphatic hydroxyl groups is 1. The van der Waals surface area contributed by atoms with Gasteiger partial charge in [0.05, 0.1) is 18.9 Å². The van der Waals surface area contributed by atoms with Crippen molar-refractivity contribution in [1.29, 1.82) is 0 Å². The lowest BCUT2D eigenvalue weighted by Crippen LogP contribution is -2.42. The van der Waals surface area contributed by atoms with Crippen LogP contribution in [0.2, 0.25) is 0 Å². The van der Waals surface area contributed by atoms with E-state index in [2.05, 4.69) is 0 Å². The fourth-order valence-electron chi connectivity index (χ4n) is 3.55. The molecule has 2 bridgehead atoms. The van der Waals surface area contributed by atoms with E-state index in [1.165, 1.54) is 0 Å². The highest BCUT2D eigenvalue weighted by Crippen LogP contribution is 2.38. The third-order valence-corrected chi connectivity index (χ3v) is 4.98. The zero-order chi connectivity index (χ0) is 20.1. The van der Waals surface area contributed by atoms with Crippen LogP contribution in [0.4, 0.5) is 0 Å². The number of rotatable bonds is 9. The molecule has 1 saturated heterocycles. The average molecular weight is 396 g/mol. The molecule has 1 heterocycles. The zero-order valence-corrected chi connectivity index (χ0v) is 16.0. The molecule has 29 heavy (non-hydrogen) atoms. The van der Waals surface area contributed by atoms with Crippen molar-refractivity contribution >= 4 is 5.97 Å². The fraction of sp³-hybridized carbons (Fsp3) is 0.348. The molecule has 6 heteroatoms. The lowest BCUT2D eigenvalue weighted by Gasteiger charge is -2.31. The maximum Gasteiger partial charge on any atom is 0.307 e. The van der Waals surface area contributed by atoms with Gasteiger partial charge in [0, 0.05) is 0 Å². The number of carbonyl (C=O) groups is 1. The van der Waals surface area contributed by atoms with Gasteiger partial charge in [-0.2, -0.15) is 0 Å². The maximum absolute atomic E-state index is 11.9. The smallest absolute Gasteiger partial charge is 0.307 e. The van der Waals surface area contributed by atoms with Crippen molar-refractivity contribution in [2.75, 3.05) is 13.2 Å². The van der Waals surface area contributed by atoms with Crippen molar-refractivity contribution in [3.8, 4) is 5.75 Å². The standard InChI is InChI=1S/C23H24O6/c24-17(14-26-18-9-5-2-6-10-18)15-28-23-19-11-22(25)29-21(23)12-20(19)27-13-16-7-3-1-4-8-16/h1-10,12,17,19,21,23-24H,11,13-15H2/t17?,19?,21-,23?/m1/s1. The van der Waals surface area contributed by atoms with E-state index in [1.54, 1.807) is 0 Å². The number of esters is 1. The minimum Gasteiger partial charge on any atom is -0.493 e. The quantitative estimate of drug-likeness (QED) is 0.657. The first kappa shape index (κ1) is 19.5. The fourth-order valence-corrected chi connectivity index (χ4v) is 3.55. The van der Waals surface area contributed by atoms with Crippen LogP contribution in [0.25, 0.3) is 0 Å². The molecule has 1 aliphatic carbocycles. The molecule has 2 aliphatic rings. The van der Waals surface area contributed by atoms with Gasteiger partial charge < -0.3 is 24.1 Å². The van der Waals surface area contributed by atoms with Gasteiger partial charge in [-0.05, 0) is 23.8 Å². The maximum atomic E-state index is 11.9. The first-order chi connectivity index (χ1) is 14.2. The summed E-state index contributed by atoms with van der Waals surface area (Å²) in [6.45, 7) is 0.628. The van der Waals surface area contributed by atoms with E-state index in [0.717, 1.165) is 5.56 Å². The molecule has 1 N–H and O–H groups in total. The summed E-state index contributed by atoms with van der Waals surface area (Å²) >= 11 is 0. The molecule has 2 aromatic carbocycles. The summed E-state index contributed by atoms with van der Waals surface area (Å²) in [4.78, 5) is 11.9. The molecule has 3 unspecified atom stereocenters. The van der Waals surface area contributed by atoms with Gasteiger partial charge in [0.15, 0.2) is 6.10 Å². The van der Waals surface area contributed by atoms with Gasteiger partial charge in [-0.25, -0.2) is 0 Å². The Bertz CT molecular complexity index is 835. The summed E-state index contributed by atoms with van der Waals surface area (Å²) in [6.07, 6.45) is 0.383. The van der Waals surface area contributed by atoms with E-state index in [1.807, 2.05) is 66.7 Å². The molecular formula is C23H24O6. The van der Waals surface area contributed by atoms with Gasteiger partial charge >= 0.3 is 5.97 Å². The van der Waals surface area contributed by atoms with Gasteiger partial charge in [-0.1, -0.05) is 48.5 Å². The second-order valence-corrected chi connectivity index (χ2v) is 7.18. The minimum atomic E-state index is -0.791. The van der Waals surface area contributed by atoms with Gasteiger partial charge in [0.1, 0.15) is 36.9 Å². The molecule has 4 rings (SSSR count). The number of para-hydroxylation sites is 1. The Labute approximate surface area is 169 Å². The largest absolute Gasteiger partial charge is 0.493 e. The first-order valence-electron chi connectivity index (χ1n) is 9.74. The number of hydrogen-bond acceptors (Lipinski definition) is 6. The number of ether oxygens (including phenoxy) is 4. The predicted octanol–water partition coefficient (Wildman–Crippen LogP) is 2.86. The summed E-state index contributed by atoms with van der Waals surface area (Å²) in [5.41, 5.74) is 1.05. The van der Waals surface area contributed by atoms with Crippen LogP contribution in [0.15, 0.2) is 72.5 Å². The zero-order valence-electron chi connectivity index (χ0n) is 16.0. The number of fused-ring (bicyclic) bond motifs is 2. The first-order valence-corrected chi connectivity index (χ1v) is 9.74. The highest BCUT2D eigenvalue weighted by Gasteiger charge is 2.47. The summed E-state index contributed by atoms with van der Waals surface area (Å²) in [5, 5.41) is 10.2. The molecule has 4 atom stereocenters. The molecule has 1 fully saturated rings. The van der Waals surface area contributed by atoms with Gasteiger partial charge in [0.2, 0.25) is 0 Å². The molecule has 2 aromatic rings. The molecule has 1 aliphatic heterocycles. The van der Waals surface area contributed by atoms with Crippen molar-refractivity contribution in [2.24, 2.45) is 5.92 Å². The Morgan fingerprint density at radius 2 is 1.72 bits per heavy atom. The molecule has 0 amide bonds. The van der Waals surface area contributed by atoms with E-state index in [0.29, 0.717) is 18.1 Å². The third kappa shape index (κ3) is 4.96.